The predicted octanol–water partition coefficient (Wildman–Crippen LogP) is 1.50. The molecule has 1 atom stereocenters. The van der Waals surface area contributed by atoms with Crippen molar-refractivity contribution in [1.82, 2.24) is 0 Å². The lowest BCUT2D eigenvalue weighted by Crippen LogP contribution is -2.12. The lowest BCUT2D eigenvalue weighted by Gasteiger charge is -2.10. The molecule has 0 fully saturated rings. The summed E-state index contributed by atoms with van der Waals surface area (Å²) in [6.45, 7) is -0.0274. The molecule has 0 aliphatic carbocycles. The molecule has 0 aromatic heterocycles. The van der Waals surface area contributed by atoms with E-state index in [0.717, 1.165) is 0 Å². The number of benzene rings is 1. The van der Waals surface area contributed by atoms with Gasteiger partial charge in [-0.3, -0.25) is 0 Å². The summed E-state index contributed by atoms with van der Waals surface area (Å²) < 4.78 is 12.9. The number of nitriles is 1. The molecule has 15 heavy (non-hydrogen) atoms. The molecule has 0 saturated heterocycles. The van der Waals surface area contributed by atoms with E-state index < -0.39 is 5.82 Å². The second-order valence-electron chi connectivity index (χ2n) is 2.97. The first-order valence-corrected chi connectivity index (χ1v) is 4.25. The molecule has 1 aromatic carbocycles. The van der Waals surface area contributed by atoms with E-state index in [1.165, 1.54) is 18.2 Å². The molecular weight excluding hydrogens is 219 g/mol. The van der Waals surface area contributed by atoms with Gasteiger partial charge in [0.25, 0.3) is 0 Å². The fraction of sp³-hybridized carbons (Fsp3) is 0.300. The highest BCUT2D eigenvalue weighted by molar-refractivity contribution is 5.85. The van der Waals surface area contributed by atoms with E-state index in [1.54, 1.807) is 6.07 Å². The van der Waals surface area contributed by atoms with Crippen molar-refractivity contribution >= 4 is 12.4 Å². The van der Waals surface area contributed by atoms with E-state index in [4.69, 9.17) is 16.1 Å². The van der Waals surface area contributed by atoms with Crippen LogP contribution in [-0.2, 0) is 0 Å². The van der Waals surface area contributed by atoms with Crippen molar-refractivity contribution in [3.63, 3.8) is 0 Å². The quantitative estimate of drug-likeness (QED) is 0.827. The van der Waals surface area contributed by atoms with Crippen LogP contribution in [0.15, 0.2) is 18.2 Å². The van der Waals surface area contributed by atoms with Crippen LogP contribution in [0.25, 0.3) is 0 Å². The monoisotopic (exact) mass is 230 g/mol. The predicted molar refractivity (Wildman–Crippen MR) is 57.0 cm³/mol. The summed E-state index contributed by atoms with van der Waals surface area (Å²) in [5.41, 5.74) is 6.33. The molecule has 0 aliphatic heterocycles. The average molecular weight is 231 g/mol. The number of hydrogen-bond acceptors (Lipinski definition) is 3. The largest absolute Gasteiger partial charge is 0.396 e. The van der Waals surface area contributed by atoms with Gasteiger partial charge < -0.3 is 10.8 Å². The van der Waals surface area contributed by atoms with Crippen LogP contribution in [0.3, 0.4) is 0 Å². The first-order chi connectivity index (χ1) is 6.69. The summed E-state index contributed by atoms with van der Waals surface area (Å²) in [5, 5.41) is 17.2. The molecule has 3 nitrogen and oxygen atoms in total. The first-order valence-electron chi connectivity index (χ1n) is 4.25. The number of aliphatic hydroxyl groups excluding tert-OH is 1. The first kappa shape index (κ1) is 13.8. The van der Waals surface area contributed by atoms with Crippen LogP contribution in [0, 0.1) is 17.1 Å². The van der Waals surface area contributed by atoms with Crippen molar-refractivity contribution in [2.45, 2.75) is 12.5 Å². The van der Waals surface area contributed by atoms with Crippen LogP contribution in [0.2, 0.25) is 0 Å². The molecule has 5 heteroatoms. The zero-order valence-electron chi connectivity index (χ0n) is 7.98. The van der Waals surface area contributed by atoms with Crippen LogP contribution in [-0.4, -0.2) is 11.7 Å². The zero-order chi connectivity index (χ0) is 10.6. The number of halogens is 2. The Morgan fingerprint density at radius 3 is 2.73 bits per heavy atom. The van der Waals surface area contributed by atoms with Crippen molar-refractivity contribution in [3.05, 3.63) is 35.1 Å². The molecule has 3 N–H and O–H groups in total. The standard InChI is InChI=1S/C10H11FN2O.ClH/c11-9-2-1-7(5-8(9)6-12)10(13)3-4-14;/h1-2,5,10,14H,3-4,13H2;1H/t10-;/m0./s1. The van der Waals surface area contributed by atoms with Crippen molar-refractivity contribution in [1.29, 1.82) is 5.26 Å². The van der Waals surface area contributed by atoms with E-state index >= 15 is 0 Å². The Morgan fingerprint density at radius 2 is 2.20 bits per heavy atom. The zero-order valence-corrected chi connectivity index (χ0v) is 8.80. The van der Waals surface area contributed by atoms with E-state index in [1.807, 2.05) is 0 Å². The molecular formula is C10H12ClFN2O. The molecule has 0 saturated carbocycles. The lowest BCUT2D eigenvalue weighted by atomic mass is 10.0. The number of hydrogen-bond donors (Lipinski definition) is 2. The maximum absolute atomic E-state index is 12.9. The summed E-state index contributed by atoms with van der Waals surface area (Å²) in [4.78, 5) is 0. The Kier molecular flexibility index (Phi) is 5.87. The van der Waals surface area contributed by atoms with Crippen LogP contribution in [0.5, 0.6) is 0 Å². The molecule has 0 aliphatic rings. The summed E-state index contributed by atoms with van der Waals surface area (Å²) in [6.07, 6.45) is 0.399. The van der Waals surface area contributed by atoms with Crippen molar-refractivity contribution in [3.8, 4) is 6.07 Å². The topological polar surface area (TPSA) is 70.0 Å². The minimum absolute atomic E-state index is 0. The normalized spacial score (nSPS) is 11.3. The van der Waals surface area contributed by atoms with Gasteiger partial charge in [-0.15, -0.1) is 12.4 Å². The van der Waals surface area contributed by atoms with Crippen molar-refractivity contribution in [2.75, 3.05) is 6.61 Å². The Morgan fingerprint density at radius 1 is 1.53 bits per heavy atom. The number of nitrogens with zero attached hydrogens (tertiary/aromatic N) is 1. The molecule has 82 valence electrons. The minimum Gasteiger partial charge on any atom is -0.396 e. The summed E-state index contributed by atoms with van der Waals surface area (Å²) in [5.74, 6) is -0.549. The van der Waals surface area contributed by atoms with Crippen LogP contribution >= 0.6 is 12.4 Å². The van der Waals surface area contributed by atoms with E-state index in [-0.39, 0.29) is 30.6 Å². The van der Waals surface area contributed by atoms with Gasteiger partial charge in [0.2, 0.25) is 0 Å². The SMILES string of the molecule is Cl.N#Cc1cc([C@@H](N)CCO)ccc1F. The molecule has 0 unspecified atom stereocenters. The van der Waals surface area contributed by atoms with Crippen LogP contribution in [0.4, 0.5) is 4.39 Å². The van der Waals surface area contributed by atoms with Gasteiger partial charge in [-0.25, -0.2) is 4.39 Å². The highest BCUT2D eigenvalue weighted by atomic mass is 35.5. The van der Waals surface area contributed by atoms with Crippen molar-refractivity contribution < 1.29 is 9.50 Å². The third-order valence-electron chi connectivity index (χ3n) is 1.98. The Labute approximate surface area is 93.7 Å². The van der Waals surface area contributed by atoms with Gasteiger partial charge in [0.05, 0.1) is 5.56 Å². The Bertz CT molecular complexity index is 365. The minimum atomic E-state index is -0.549. The van der Waals surface area contributed by atoms with Gasteiger partial charge in [0, 0.05) is 12.6 Å². The van der Waals surface area contributed by atoms with Gasteiger partial charge >= 0.3 is 0 Å². The van der Waals surface area contributed by atoms with E-state index in [9.17, 15) is 4.39 Å². The summed E-state index contributed by atoms with van der Waals surface area (Å²) in [7, 11) is 0. The highest BCUT2D eigenvalue weighted by Gasteiger charge is 2.08. The smallest absolute Gasteiger partial charge is 0.140 e. The molecule has 1 aromatic rings. The second kappa shape index (κ2) is 6.36. The average Bonchev–Trinajstić information content (AvgIpc) is 2.19. The lowest BCUT2D eigenvalue weighted by molar-refractivity contribution is 0.276. The summed E-state index contributed by atoms with van der Waals surface area (Å²) >= 11 is 0. The van der Waals surface area contributed by atoms with Crippen molar-refractivity contribution in [2.24, 2.45) is 5.73 Å². The molecule has 0 heterocycles. The number of aliphatic hydroxyl groups is 1. The summed E-state index contributed by atoms with van der Waals surface area (Å²) in [6, 6.07) is 5.54. The third kappa shape index (κ3) is 3.48. The molecule has 0 amide bonds. The Hall–Kier alpha value is -1.15. The number of rotatable bonds is 3. The molecule has 1 rings (SSSR count). The maximum Gasteiger partial charge on any atom is 0.140 e. The van der Waals surface area contributed by atoms with Crippen LogP contribution in [0.1, 0.15) is 23.6 Å². The van der Waals surface area contributed by atoms with Gasteiger partial charge in [-0.1, -0.05) is 6.07 Å². The number of nitrogens with two attached hydrogens (primary N) is 1. The van der Waals surface area contributed by atoms with Gasteiger partial charge in [-0.05, 0) is 24.1 Å². The molecule has 0 bridgehead atoms. The van der Waals surface area contributed by atoms with Gasteiger partial charge in [0.15, 0.2) is 0 Å². The van der Waals surface area contributed by atoms with E-state index in [2.05, 4.69) is 0 Å². The maximum atomic E-state index is 12.9. The van der Waals surface area contributed by atoms with Gasteiger partial charge in [-0.2, -0.15) is 5.26 Å². The third-order valence-corrected chi connectivity index (χ3v) is 1.98. The second-order valence-corrected chi connectivity index (χ2v) is 2.97. The fourth-order valence-corrected chi connectivity index (χ4v) is 1.16. The van der Waals surface area contributed by atoms with Crippen LogP contribution < -0.4 is 5.73 Å². The van der Waals surface area contributed by atoms with Gasteiger partial charge in [0.1, 0.15) is 11.9 Å². The molecule has 0 radical (unpaired) electrons. The van der Waals surface area contributed by atoms with E-state index in [0.29, 0.717) is 12.0 Å². The molecule has 0 spiro atoms. The highest BCUT2D eigenvalue weighted by Crippen LogP contribution is 2.17. The Balaban J connectivity index is 0.00000196. The fourth-order valence-electron chi connectivity index (χ4n) is 1.16.